The van der Waals surface area contributed by atoms with E-state index in [4.69, 9.17) is 10.5 Å². The van der Waals surface area contributed by atoms with Gasteiger partial charge < -0.3 is 10.5 Å². The highest BCUT2D eigenvalue weighted by Gasteiger charge is 2.07. The summed E-state index contributed by atoms with van der Waals surface area (Å²) in [5, 5.41) is 0. The molecule has 1 rings (SSSR count). The molecule has 0 atom stereocenters. The van der Waals surface area contributed by atoms with E-state index < -0.39 is 0 Å². The van der Waals surface area contributed by atoms with Crippen LogP contribution in [-0.4, -0.2) is 23.8 Å². The number of ether oxygens (including phenoxy) is 1. The van der Waals surface area contributed by atoms with Gasteiger partial charge in [-0.05, 0) is 11.5 Å². The van der Waals surface area contributed by atoms with E-state index in [0.717, 1.165) is 11.5 Å². The number of ketones is 1. The van der Waals surface area contributed by atoms with E-state index >= 15 is 0 Å². The molecule has 0 bridgehead atoms. The molecule has 0 amide bonds. The van der Waals surface area contributed by atoms with Crippen molar-refractivity contribution in [1.29, 1.82) is 0 Å². The highest BCUT2D eigenvalue weighted by Crippen LogP contribution is 2.15. The van der Waals surface area contributed by atoms with E-state index in [2.05, 4.69) is 4.37 Å². The van der Waals surface area contributed by atoms with Crippen LogP contribution in [0.25, 0.3) is 0 Å². The first-order valence-electron chi connectivity index (χ1n) is 3.02. The van der Waals surface area contributed by atoms with Crippen LogP contribution in [0.3, 0.4) is 0 Å². The van der Waals surface area contributed by atoms with Crippen LogP contribution < -0.4 is 10.5 Å². The molecule has 11 heavy (non-hydrogen) atoms. The maximum Gasteiger partial charge on any atom is 0.225 e. The molecule has 1 aromatic heterocycles. The highest BCUT2D eigenvalue weighted by molar-refractivity contribution is 7.08. The lowest BCUT2D eigenvalue weighted by Gasteiger charge is -1.88. The van der Waals surface area contributed by atoms with Crippen LogP contribution in [-0.2, 0) is 0 Å². The molecule has 0 saturated heterocycles. The largest absolute Gasteiger partial charge is 0.480 e. The van der Waals surface area contributed by atoms with Crippen LogP contribution in [0.15, 0.2) is 6.07 Å². The molecule has 2 N–H and O–H groups in total. The second-order valence-electron chi connectivity index (χ2n) is 1.86. The molecule has 0 aliphatic rings. The van der Waals surface area contributed by atoms with Gasteiger partial charge in [-0.3, -0.25) is 4.79 Å². The maximum absolute atomic E-state index is 10.9. The van der Waals surface area contributed by atoms with Gasteiger partial charge in [0, 0.05) is 6.07 Å². The lowest BCUT2D eigenvalue weighted by Crippen LogP contribution is -2.11. The minimum atomic E-state index is -0.106. The molecule has 0 spiro atoms. The van der Waals surface area contributed by atoms with Gasteiger partial charge >= 0.3 is 0 Å². The Morgan fingerprint density at radius 3 is 3.09 bits per heavy atom. The minimum absolute atomic E-state index is 0.0192. The fraction of sp³-hybridized carbons (Fsp3) is 0.333. The van der Waals surface area contributed by atoms with Crippen molar-refractivity contribution in [3.05, 3.63) is 10.9 Å². The number of aromatic nitrogens is 1. The molecule has 5 heteroatoms. The van der Waals surface area contributed by atoms with Gasteiger partial charge in [-0.1, -0.05) is 0 Å². The molecule has 60 valence electrons. The van der Waals surface area contributed by atoms with Crippen molar-refractivity contribution in [2.24, 2.45) is 5.73 Å². The van der Waals surface area contributed by atoms with Crippen molar-refractivity contribution in [2.45, 2.75) is 0 Å². The lowest BCUT2D eigenvalue weighted by molar-refractivity contribution is 0.100. The molecule has 0 aromatic carbocycles. The van der Waals surface area contributed by atoms with E-state index in [1.807, 2.05) is 0 Å². The molecule has 0 unspecified atom stereocenters. The first-order chi connectivity index (χ1) is 5.27. The Bertz CT molecular complexity index is 259. The quantitative estimate of drug-likeness (QED) is 0.666. The summed E-state index contributed by atoms with van der Waals surface area (Å²) in [6, 6.07) is 1.58. The highest BCUT2D eigenvalue weighted by atomic mass is 32.1. The summed E-state index contributed by atoms with van der Waals surface area (Å²) >= 11 is 1.10. The van der Waals surface area contributed by atoms with Gasteiger partial charge in [-0.2, -0.15) is 4.37 Å². The Kier molecular flexibility index (Phi) is 2.56. The fourth-order valence-corrected chi connectivity index (χ4v) is 1.24. The average molecular weight is 172 g/mol. The van der Waals surface area contributed by atoms with Crippen LogP contribution in [0.1, 0.15) is 9.67 Å². The number of hydrogen-bond acceptors (Lipinski definition) is 5. The van der Waals surface area contributed by atoms with Gasteiger partial charge in [-0.25, -0.2) is 0 Å². The Hall–Kier alpha value is -0.940. The Morgan fingerprint density at radius 1 is 1.91 bits per heavy atom. The first kappa shape index (κ1) is 8.16. The van der Waals surface area contributed by atoms with Crippen molar-refractivity contribution < 1.29 is 9.53 Å². The van der Waals surface area contributed by atoms with Crippen molar-refractivity contribution in [2.75, 3.05) is 13.7 Å². The fourth-order valence-electron chi connectivity index (χ4n) is 0.587. The molecule has 0 aliphatic carbocycles. The van der Waals surface area contributed by atoms with Crippen LogP contribution in [0.2, 0.25) is 0 Å². The first-order valence-corrected chi connectivity index (χ1v) is 3.79. The Labute approximate surface area is 68.1 Å². The summed E-state index contributed by atoms with van der Waals surface area (Å²) in [4.78, 5) is 11.5. The summed E-state index contributed by atoms with van der Waals surface area (Å²) in [5.74, 6) is 0.359. The molecule has 4 nitrogen and oxygen atoms in total. The van der Waals surface area contributed by atoms with Gasteiger partial charge in [0.1, 0.15) is 0 Å². The molecular formula is C6H8N2O2S. The lowest BCUT2D eigenvalue weighted by atomic mass is 10.3. The number of carbonyl (C=O) groups excluding carboxylic acids is 1. The van der Waals surface area contributed by atoms with Crippen molar-refractivity contribution in [3.63, 3.8) is 0 Å². The van der Waals surface area contributed by atoms with E-state index in [-0.39, 0.29) is 12.3 Å². The van der Waals surface area contributed by atoms with E-state index in [1.165, 1.54) is 7.11 Å². The zero-order valence-corrected chi connectivity index (χ0v) is 6.85. The predicted octanol–water partition coefficient (Wildman–Crippen LogP) is 0.293. The predicted molar refractivity (Wildman–Crippen MR) is 42.1 cm³/mol. The summed E-state index contributed by atoms with van der Waals surface area (Å²) in [5.41, 5.74) is 5.14. The normalized spacial score (nSPS) is 9.64. The standard InChI is InChI=1S/C6H8N2O2S/c1-10-6-2-5(11-8-6)4(9)3-7/h2H,3,7H2,1H3. The molecule has 1 aromatic rings. The van der Waals surface area contributed by atoms with Gasteiger partial charge in [0.2, 0.25) is 5.88 Å². The third-order valence-corrected chi connectivity index (χ3v) is 1.97. The number of nitrogens with zero attached hydrogens (tertiary/aromatic N) is 1. The van der Waals surface area contributed by atoms with Gasteiger partial charge in [0.05, 0.1) is 18.5 Å². The Balaban J connectivity index is 2.80. The topological polar surface area (TPSA) is 65.2 Å². The third kappa shape index (κ3) is 1.75. The van der Waals surface area contributed by atoms with Crippen molar-refractivity contribution in [1.82, 2.24) is 4.37 Å². The van der Waals surface area contributed by atoms with E-state index in [1.54, 1.807) is 6.07 Å². The van der Waals surface area contributed by atoms with Gasteiger partial charge in [0.15, 0.2) is 5.78 Å². The smallest absolute Gasteiger partial charge is 0.225 e. The SMILES string of the molecule is COc1cc(C(=O)CN)sn1. The van der Waals surface area contributed by atoms with Crippen LogP contribution in [0.5, 0.6) is 5.88 Å². The molecule has 0 radical (unpaired) electrons. The molecular weight excluding hydrogens is 164 g/mol. The van der Waals surface area contributed by atoms with E-state index in [9.17, 15) is 4.79 Å². The van der Waals surface area contributed by atoms with Gasteiger partial charge in [0.25, 0.3) is 0 Å². The zero-order chi connectivity index (χ0) is 8.27. The number of nitrogens with two attached hydrogens (primary N) is 1. The van der Waals surface area contributed by atoms with Crippen molar-refractivity contribution in [3.8, 4) is 5.88 Å². The summed E-state index contributed by atoms with van der Waals surface area (Å²) in [6.45, 7) is 0.0192. The summed E-state index contributed by atoms with van der Waals surface area (Å²) in [6.07, 6.45) is 0. The second kappa shape index (κ2) is 3.45. The van der Waals surface area contributed by atoms with Gasteiger partial charge in [-0.15, -0.1) is 0 Å². The third-order valence-electron chi connectivity index (χ3n) is 1.16. The molecule has 0 fully saturated rings. The number of hydrogen-bond donors (Lipinski definition) is 1. The number of rotatable bonds is 3. The monoisotopic (exact) mass is 172 g/mol. The van der Waals surface area contributed by atoms with E-state index in [0.29, 0.717) is 10.8 Å². The molecule has 1 heterocycles. The maximum atomic E-state index is 10.9. The van der Waals surface area contributed by atoms with Crippen LogP contribution >= 0.6 is 11.5 Å². The average Bonchev–Trinajstić information content (AvgIpc) is 2.50. The van der Waals surface area contributed by atoms with Crippen molar-refractivity contribution >= 4 is 17.3 Å². The minimum Gasteiger partial charge on any atom is -0.480 e. The number of carbonyl (C=O) groups is 1. The number of methoxy groups -OCH3 is 1. The second-order valence-corrected chi connectivity index (χ2v) is 2.67. The summed E-state index contributed by atoms with van der Waals surface area (Å²) < 4.78 is 8.64. The molecule has 0 saturated carbocycles. The zero-order valence-electron chi connectivity index (χ0n) is 6.03. The summed E-state index contributed by atoms with van der Waals surface area (Å²) in [7, 11) is 1.51. The van der Waals surface area contributed by atoms with Crippen LogP contribution in [0.4, 0.5) is 0 Å². The van der Waals surface area contributed by atoms with Crippen LogP contribution in [0, 0.1) is 0 Å². The molecule has 0 aliphatic heterocycles. The number of Topliss-reactive ketones (excluding diaryl/α,β-unsaturated/α-hetero) is 1. The Morgan fingerprint density at radius 2 is 2.64 bits per heavy atom.